The van der Waals surface area contributed by atoms with Gasteiger partial charge in [0.2, 0.25) is 0 Å². The van der Waals surface area contributed by atoms with Gasteiger partial charge in [-0.2, -0.15) is 0 Å². The summed E-state index contributed by atoms with van der Waals surface area (Å²) in [6.45, 7) is 4.19. The van der Waals surface area contributed by atoms with E-state index < -0.39 is 0 Å². The first-order valence-electron chi connectivity index (χ1n) is 4.71. The van der Waals surface area contributed by atoms with Crippen LogP contribution in [0.15, 0.2) is 28.1 Å². The molecule has 0 aliphatic rings. The van der Waals surface area contributed by atoms with E-state index in [2.05, 4.69) is 54.0 Å². The highest BCUT2D eigenvalue weighted by molar-refractivity contribution is 9.11. The van der Waals surface area contributed by atoms with Crippen LogP contribution in [-0.2, 0) is 0 Å². The fourth-order valence-corrected chi connectivity index (χ4v) is 3.34. The topological polar surface area (TPSA) is 26.0 Å². The molecule has 0 fully saturated rings. The van der Waals surface area contributed by atoms with Crippen molar-refractivity contribution in [3.05, 3.63) is 38.5 Å². The molecule has 1 aromatic carbocycles. The number of anilines is 1. The first-order chi connectivity index (χ1) is 7.09. The molecule has 0 radical (unpaired) electrons. The second-order valence-electron chi connectivity index (χ2n) is 3.59. The first-order valence-corrected chi connectivity index (χ1v) is 6.32. The summed E-state index contributed by atoms with van der Waals surface area (Å²) in [5.41, 5.74) is 10.5. The average molecular weight is 282 g/mol. The Kier molecular flexibility index (Phi) is 2.85. The van der Waals surface area contributed by atoms with E-state index in [0.29, 0.717) is 0 Å². The van der Waals surface area contributed by atoms with Crippen molar-refractivity contribution >= 4 is 33.0 Å². The smallest absolute Gasteiger partial charge is 0.0936 e. The maximum absolute atomic E-state index is 6.04. The third kappa shape index (κ3) is 1.94. The molecule has 78 valence electrons. The average Bonchev–Trinajstić information content (AvgIpc) is 2.44. The van der Waals surface area contributed by atoms with Crippen molar-refractivity contribution in [3.63, 3.8) is 0 Å². The van der Waals surface area contributed by atoms with E-state index in [1.165, 1.54) is 16.0 Å². The Morgan fingerprint density at radius 2 is 1.73 bits per heavy atom. The highest BCUT2D eigenvalue weighted by Crippen LogP contribution is 2.41. The molecule has 0 saturated heterocycles. The molecule has 2 rings (SSSR count). The molecule has 3 heteroatoms. The number of thiophene rings is 1. The highest BCUT2D eigenvalue weighted by Gasteiger charge is 2.12. The van der Waals surface area contributed by atoms with Gasteiger partial charge in [-0.3, -0.25) is 0 Å². The Morgan fingerprint density at radius 1 is 1.13 bits per heavy atom. The van der Waals surface area contributed by atoms with E-state index >= 15 is 0 Å². The van der Waals surface area contributed by atoms with Gasteiger partial charge in [0.05, 0.1) is 9.47 Å². The normalized spacial score (nSPS) is 10.6. The molecule has 1 heterocycles. The predicted octanol–water partition coefficient (Wildman–Crippen LogP) is 4.38. The lowest BCUT2D eigenvalue weighted by atomic mass is 10.0. The number of nitrogen functional groups attached to an aromatic ring is 1. The third-order valence-corrected chi connectivity index (χ3v) is 4.24. The van der Waals surface area contributed by atoms with E-state index in [1.807, 2.05) is 0 Å². The molecular weight excluding hydrogens is 270 g/mol. The van der Waals surface area contributed by atoms with Crippen LogP contribution in [0.5, 0.6) is 0 Å². The fraction of sp³-hybridized carbons (Fsp3) is 0.167. The largest absolute Gasteiger partial charge is 0.397 e. The zero-order valence-electron chi connectivity index (χ0n) is 8.67. The molecule has 15 heavy (non-hydrogen) atoms. The Morgan fingerprint density at radius 3 is 2.20 bits per heavy atom. The number of aryl methyl sites for hydroxylation is 2. The van der Waals surface area contributed by atoms with E-state index in [0.717, 1.165) is 15.0 Å². The van der Waals surface area contributed by atoms with Crippen LogP contribution < -0.4 is 5.73 Å². The number of nitrogens with two attached hydrogens (primary N) is 1. The van der Waals surface area contributed by atoms with E-state index in [-0.39, 0.29) is 0 Å². The zero-order chi connectivity index (χ0) is 11.0. The molecular formula is C12H12BrNS. The van der Waals surface area contributed by atoms with Gasteiger partial charge in [0, 0.05) is 10.4 Å². The van der Waals surface area contributed by atoms with Crippen LogP contribution in [0.4, 0.5) is 5.69 Å². The van der Waals surface area contributed by atoms with Crippen LogP contribution >= 0.6 is 27.3 Å². The van der Waals surface area contributed by atoms with Gasteiger partial charge in [-0.1, -0.05) is 29.8 Å². The summed E-state index contributed by atoms with van der Waals surface area (Å²) in [4.78, 5) is 1.25. The van der Waals surface area contributed by atoms with Gasteiger partial charge in [0.25, 0.3) is 0 Å². The van der Waals surface area contributed by atoms with Crippen molar-refractivity contribution in [2.75, 3.05) is 5.73 Å². The Balaban J connectivity index is 2.58. The number of hydrogen-bond donors (Lipinski definition) is 1. The number of hydrogen-bond acceptors (Lipinski definition) is 2. The van der Waals surface area contributed by atoms with Crippen molar-refractivity contribution in [1.29, 1.82) is 0 Å². The van der Waals surface area contributed by atoms with Crippen LogP contribution in [0.3, 0.4) is 0 Å². The summed E-state index contributed by atoms with van der Waals surface area (Å²) in [7, 11) is 0. The van der Waals surface area contributed by atoms with Crippen molar-refractivity contribution in [2.24, 2.45) is 0 Å². The first kappa shape index (κ1) is 10.7. The van der Waals surface area contributed by atoms with Crippen LogP contribution in [0, 0.1) is 13.8 Å². The predicted molar refractivity (Wildman–Crippen MR) is 71.3 cm³/mol. The molecule has 0 amide bonds. The molecule has 0 unspecified atom stereocenters. The summed E-state index contributed by atoms with van der Waals surface area (Å²) in [5, 5.41) is 0. The quantitative estimate of drug-likeness (QED) is 0.825. The van der Waals surface area contributed by atoms with Crippen LogP contribution in [-0.4, -0.2) is 0 Å². The summed E-state index contributed by atoms with van der Waals surface area (Å²) in [6, 6.07) is 8.46. The Bertz CT molecular complexity index is 485. The van der Waals surface area contributed by atoms with Crippen molar-refractivity contribution in [1.82, 2.24) is 0 Å². The van der Waals surface area contributed by atoms with Gasteiger partial charge in [0.15, 0.2) is 0 Å². The van der Waals surface area contributed by atoms with Crippen molar-refractivity contribution in [3.8, 4) is 11.1 Å². The monoisotopic (exact) mass is 281 g/mol. The minimum Gasteiger partial charge on any atom is -0.397 e. The molecule has 1 aromatic heterocycles. The standard InChI is InChI=1S/C12H12BrNS/c1-7-3-5-9(6-4-7)10-8(2)15-12(13)11(10)14/h3-6H,14H2,1-2H3. The van der Waals surface area contributed by atoms with E-state index in [1.54, 1.807) is 11.3 Å². The molecule has 1 nitrogen and oxygen atoms in total. The van der Waals surface area contributed by atoms with Gasteiger partial charge in [-0.05, 0) is 35.3 Å². The lowest BCUT2D eigenvalue weighted by molar-refractivity contribution is 1.46. The fourth-order valence-electron chi connectivity index (χ4n) is 1.61. The number of rotatable bonds is 1. The van der Waals surface area contributed by atoms with Gasteiger partial charge in [0.1, 0.15) is 0 Å². The zero-order valence-corrected chi connectivity index (χ0v) is 11.1. The molecule has 0 aliphatic carbocycles. The van der Waals surface area contributed by atoms with Gasteiger partial charge < -0.3 is 5.73 Å². The molecule has 2 N–H and O–H groups in total. The molecule has 0 aliphatic heterocycles. The Hall–Kier alpha value is -0.800. The summed E-state index contributed by atoms with van der Waals surface area (Å²) in [5.74, 6) is 0. The molecule has 2 aromatic rings. The summed E-state index contributed by atoms with van der Waals surface area (Å²) >= 11 is 5.16. The maximum atomic E-state index is 6.04. The molecule has 0 saturated carbocycles. The third-order valence-electron chi connectivity index (χ3n) is 2.42. The Labute approximate surface area is 102 Å². The second kappa shape index (κ2) is 3.99. The van der Waals surface area contributed by atoms with Crippen LogP contribution in [0.2, 0.25) is 0 Å². The SMILES string of the molecule is Cc1ccc(-c2c(C)sc(Br)c2N)cc1. The summed E-state index contributed by atoms with van der Waals surface area (Å²) in [6.07, 6.45) is 0. The van der Waals surface area contributed by atoms with Gasteiger partial charge in [-0.25, -0.2) is 0 Å². The lowest BCUT2D eigenvalue weighted by Gasteiger charge is -2.03. The second-order valence-corrected chi connectivity index (χ2v) is 6.13. The minimum atomic E-state index is 0.848. The van der Waals surface area contributed by atoms with Gasteiger partial charge in [-0.15, -0.1) is 11.3 Å². The lowest BCUT2D eigenvalue weighted by Crippen LogP contribution is -1.87. The van der Waals surface area contributed by atoms with Crippen molar-refractivity contribution < 1.29 is 0 Å². The number of benzene rings is 1. The molecule has 0 spiro atoms. The van der Waals surface area contributed by atoms with E-state index in [9.17, 15) is 0 Å². The van der Waals surface area contributed by atoms with Crippen LogP contribution in [0.1, 0.15) is 10.4 Å². The van der Waals surface area contributed by atoms with Crippen molar-refractivity contribution in [2.45, 2.75) is 13.8 Å². The minimum absolute atomic E-state index is 0.848. The van der Waals surface area contributed by atoms with Crippen LogP contribution in [0.25, 0.3) is 11.1 Å². The molecule has 0 atom stereocenters. The van der Waals surface area contributed by atoms with E-state index in [4.69, 9.17) is 5.73 Å². The molecule has 0 bridgehead atoms. The highest BCUT2D eigenvalue weighted by atomic mass is 79.9. The van der Waals surface area contributed by atoms with Gasteiger partial charge >= 0.3 is 0 Å². The summed E-state index contributed by atoms with van der Waals surface area (Å²) < 4.78 is 1.02. The number of halogens is 1. The maximum Gasteiger partial charge on any atom is 0.0936 e.